The van der Waals surface area contributed by atoms with Crippen LogP contribution in [0.1, 0.15) is 31.5 Å². The third-order valence-corrected chi connectivity index (χ3v) is 5.34. The zero-order valence-electron chi connectivity index (χ0n) is 14.8. The lowest BCUT2D eigenvalue weighted by Crippen LogP contribution is -2.42. The van der Waals surface area contributed by atoms with Crippen LogP contribution in [0.4, 0.5) is 5.95 Å². The van der Waals surface area contributed by atoms with Gasteiger partial charge in [0.05, 0.1) is 37.5 Å². The van der Waals surface area contributed by atoms with E-state index in [0.717, 1.165) is 64.9 Å². The van der Waals surface area contributed by atoms with Crippen molar-refractivity contribution in [3.63, 3.8) is 0 Å². The van der Waals surface area contributed by atoms with Crippen LogP contribution in [0.2, 0.25) is 0 Å². The molecule has 0 N–H and O–H groups in total. The van der Waals surface area contributed by atoms with Gasteiger partial charge < -0.3 is 19.3 Å². The summed E-state index contributed by atoms with van der Waals surface area (Å²) in [6.07, 6.45) is 3.12. The number of morpholine rings is 1. The van der Waals surface area contributed by atoms with Crippen LogP contribution in [0.3, 0.4) is 0 Å². The van der Waals surface area contributed by atoms with Gasteiger partial charge in [-0.1, -0.05) is 13.8 Å². The first-order chi connectivity index (χ1) is 11.7. The standard InChI is InChI=1S/C18H28N4O2/c1-14(2)10-21-4-3-18(12-21)13-24-11-15-9-19-17(20-16(15)18)22-5-7-23-8-6-22/h9,14H,3-8,10-13H2,1-2H3/t18-/m1/s1. The quantitative estimate of drug-likeness (QED) is 0.835. The van der Waals surface area contributed by atoms with Crippen molar-refractivity contribution in [3.05, 3.63) is 17.5 Å². The van der Waals surface area contributed by atoms with E-state index in [1.165, 1.54) is 11.3 Å². The Morgan fingerprint density at radius 2 is 2.04 bits per heavy atom. The minimum absolute atomic E-state index is 0.0481. The largest absolute Gasteiger partial charge is 0.378 e. The first-order valence-corrected chi connectivity index (χ1v) is 9.15. The number of hydrogen-bond donors (Lipinski definition) is 0. The average Bonchev–Trinajstić information content (AvgIpc) is 2.98. The molecule has 1 spiro atoms. The molecule has 4 rings (SSSR count). The van der Waals surface area contributed by atoms with Crippen molar-refractivity contribution >= 4 is 5.95 Å². The molecule has 3 aliphatic rings. The summed E-state index contributed by atoms with van der Waals surface area (Å²) in [5, 5.41) is 0. The van der Waals surface area contributed by atoms with Crippen molar-refractivity contribution < 1.29 is 9.47 Å². The first-order valence-electron chi connectivity index (χ1n) is 9.15. The SMILES string of the molecule is CC(C)CN1CC[C@]2(COCc3cnc(N4CCOCC4)nc32)C1. The molecular formula is C18H28N4O2. The zero-order chi connectivity index (χ0) is 16.6. The highest BCUT2D eigenvalue weighted by atomic mass is 16.5. The van der Waals surface area contributed by atoms with E-state index in [4.69, 9.17) is 14.5 Å². The van der Waals surface area contributed by atoms with Crippen LogP contribution in [0.15, 0.2) is 6.20 Å². The zero-order valence-corrected chi connectivity index (χ0v) is 14.8. The Kier molecular flexibility index (Phi) is 4.45. The van der Waals surface area contributed by atoms with E-state index in [9.17, 15) is 0 Å². The molecule has 6 nitrogen and oxygen atoms in total. The van der Waals surface area contributed by atoms with Gasteiger partial charge in [-0.15, -0.1) is 0 Å². The van der Waals surface area contributed by atoms with Gasteiger partial charge in [0.1, 0.15) is 0 Å². The van der Waals surface area contributed by atoms with Gasteiger partial charge in [-0.2, -0.15) is 0 Å². The van der Waals surface area contributed by atoms with Crippen LogP contribution in [0, 0.1) is 5.92 Å². The molecular weight excluding hydrogens is 304 g/mol. The van der Waals surface area contributed by atoms with E-state index in [1.807, 2.05) is 6.20 Å². The Bertz CT molecular complexity index is 588. The molecule has 0 radical (unpaired) electrons. The molecule has 6 heteroatoms. The smallest absolute Gasteiger partial charge is 0.225 e. The molecule has 0 aliphatic carbocycles. The minimum atomic E-state index is 0.0481. The second-order valence-corrected chi connectivity index (χ2v) is 7.80. The highest BCUT2D eigenvalue weighted by Crippen LogP contribution is 2.39. The molecule has 0 aromatic carbocycles. The summed E-state index contributed by atoms with van der Waals surface area (Å²) in [4.78, 5) is 14.5. The third-order valence-electron chi connectivity index (χ3n) is 5.34. The van der Waals surface area contributed by atoms with Crippen molar-refractivity contribution in [2.24, 2.45) is 5.92 Å². The number of rotatable bonds is 3. The predicted molar refractivity (Wildman–Crippen MR) is 92.3 cm³/mol. The lowest BCUT2D eigenvalue weighted by molar-refractivity contribution is 0.0500. The lowest BCUT2D eigenvalue weighted by atomic mass is 9.80. The Balaban J connectivity index is 1.61. The van der Waals surface area contributed by atoms with Crippen LogP contribution in [0.5, 0.6) is 0 Å². The van der Waals surface area contributed by atoms with Gasteiger partial charge >= 0.3 is 0 Å². The summed E-state index contributed by atoms with van der Waals surface area (Å²) < 4.78 is 11.4. The molecule has 3 aliphatic heterocycles. The van der Waals surface area contributed by atoms with Crippen LogP contribution in [-0.2, 0) is 21.5 Å². The van der Waals surface area contributed by atoms with Crippen LogP contribution < -0.4 is 4.90 Å². The maximum Gasteiger partial charge on any atom is 0.225 e. The average molecular weight is 332 g/mol. The maximum absolute atomic E-state index is 5.93. The van der Waals surface area contributed by atoms with E-state index in [1.54, 1.807) is 0 Å². The van der Waals surface area contributed by atoms with Gasteiger partial charge in [-0.05, 0) is 18.9 Å². The minimum Gasteiger partial charge on any atom is -0.378 e. The van der Waals surface area contributed by atoms with Crippen molar-refractivity contribution in [1.82, 2.24) is 14.9 Å². The predicted octanol–water partition coefficient (Wildman–Crippen LogP) is 1.44. The van der Waals surface area contributed by atoms with Gasteiger partial charge in [0.25, 0.3) is 0 Å². The molecule has 0 unspecified atom stereocenters. The fourth-order valence-corrected chi connectivity index (χ4v) is 4.24. The Morgan fingerprint density at radius 3 is 2.83 bits per heavy atom. The molecule has 0 bridgehead atoms. The molecule has 0 amide bonds. The third kappa shape index (κ3) is 3.03. The van der Waals surface area contributed by atoms with E-state index in [2.05, 4.69) is 28.6 Å². The van der Waals surface area contributed by atoms with Gasteiger partial charge in [0, 0.05) is 37.9 Å². The normalized spacial score (nSPS) is 27.9. The molecule has 4 heterocycles. The van der Waals surface area contributed by atoms with Crippen LogP contribution in [-0.4, -0.2) is 67.4 Å². The van der Waals surface area contributed by atoms with E-state index in [-0.39, 0.29) is 5.41 Å². The van der Waals surface area contributed by atoms with Gasteiger partial charge in [-0.25, -0.2) is 9.97 Å². The van der Waals surface area contributed by atoms with Crippen LogP contribution >= 0.6 is 0 Å². The maximum atomic E-state index is 5.93. The number of aromatic nitrogens is 2. The fourth-order valence-electron chi connectivity index (χ4n) is 4.24. The Labute approximate surface area is 144 Å². The number of fused-ring (bicyclic) bond motifs is 2. The second kappa shape index (κ2) is 6.58. The van der Waals surface area contributed by atoms with Crippen molar-refractivity contribution in [3.8, 4) is 0 Å². The Hall–Kier alpha value is -1.24. The molecule has 1 aromatic heterocycles. The van der Waals surface area contributed by atoms with Crippen molar-refractivity contribution in [2.75, 3.05) is 57.4 Å². The van der Waals surface area contributed by atoms with Gasteiger partial charge in [-0.3, -0.25) is 0 Å². The summed E-state index contributed by atoms with van der Waals surface area (Å²) in [5.41, 5.74) is 2.45. The van der Waals surface area contributed by atoms with Gasteiger partial charge in [0.2, 0.25) is 5.95 Å². The van der Waals surface area contributed by atoms with Crippen LogP contribution in [0.25, 0.3) is 0 Å². The Morgan fingerprint density at radius 1 is 1.21 bits per heavy atom. The molecule has 24 heavy (non-hydrogen) atoms. The monoisotopic (exact) mass is 332 g/mol. The fraction of sp³-hybridized carbons (Fsp3) is 0.778. The molecule has 132 valence electrons. The second-order valence-electron chi connectivity index (χ2n) is 7.80. The van der Waals surface area contributed by atoms with E-state index >= 15 is 0 Å². The van der Waals surface area contributed by atoms with Crippen molar-refractivity contribution in [1.29, 1.82) is 0 Å². The highest BCUT2D eigenvalue weighted by Gasteiger charge is 2.45. The van der Waals surface area contributed by atoms with E-state index in [0.29, 0.717) is 12.5 Å². The summed E-state index contributed by atoms with van der Waals surface area (Å²) in [5.74, 6) is 1.55. The number of hydrogen-bond acceptors (Lipinski definition) is 6. The topological polar surface area (TPSA) is 50.7 Å². The first kappa shape index (κ1) is 16.2. The highest BCUT2D eigenvalue weighted by molar-refractivity contribution is 5.38. The molecule has 0 saturated carbocycles. The number of nitrogens with zero attached hydrogens (tertiary/aromatic N) is 4. The summed E-state index contributed by atoms with van der Waals surface area (Å²) in [6.45, 7) is 12.6. The molecule has 2 fully saturated rings. The summed E-state index contributed by atoms with van der Waals surface area (Å²) in [7, 11) is 0. The van der Waals surface area contributed by atoms with Gasteiger partial charge in [0.15, 0.2) is 0 Å². The molecule has 1 atom stereocenters. The number of anilines is 1. The lowest BCUT2D eigenvalue weighted by Gasteiger charge is -2.36. The van der Waals surface area contributed by atoms with E-state index < -0.39 is 0 Å². The number of ether oxygens (including phenoxy) is 2. The molecule has 1 aromatic rings. The summed E-state index contributed by atoms with van der Waals surface area (Å²) in [6, 6.07) is 0. The molecule has 2 saturated heterocycles. The number of likely N-dealkylation sites (tertiary alicyclic amines) is 1. The summed E-state index contributed by atoms with van der Waals surface area (Å²) >= 11 is 0. The van der Waals surface area contributed by atoms with Crippen molar-refractivity contribution in [2.45, 2.75) is 32.3 Å².